The summed E-state index contributed by atoms with van der Waals surface area (Å²) in [7, 11) is 0. The van der Waals surface area contributed by atoms with Crippen LogP contribution in [0.5, 0.6) is 0 Å². The second kappa shape index (κ2) is 8.02. The zero-order valence-electron chi connectivity index (χ0n) is 12.0. The van der Waals surface area contributed by atoms with Crippen LogP contribution in [0.25, 0.3) is 6.08 Å². The average Bonchev–Trinajstić information content (AvgIpc) is 2.55. The van der Waals surface area contributed by atoms with Gasteiger partial charge in [0.15, 0.2) is 0 Å². The van der Waals surface area contributed by atoms with Crippen LogP contribution in [-0.4, -0.2) is 19.4 Å². The van der Waals surface area contributed by atoms with Crippen LogP contribution >= 0.6 is 0 Å². The van der Waals surface area contributed by atoms with E-state index in [-0.39, 0.29) is 0 Å². The van der Waals surface area contributed by atoms with Crippen molar-refractivity contribution < 1.29 is 4.79 Å². The maximum Gasteiger partial charge on any atom is 0.150 e. The van der Waals surface area contributed by atoms with Gasteiger partial charge in [0.2, 0.25) is 0 Å². The maximum absolute atomic E-state index is 10.6. The summed E-state index contributed by atoms with van der Waals surface area (Å²) in [5, 5.41) is 6.70. The lowest BCUT2D eigenvalue weighted by Crippen LogP contribution is -2.21. The Morgan fingerprint density at radius 1 is 0.905 bits per heavy atom. The molecule has 0 spiro atoms. The minimum atomic E-state index is 0.696. The molecule has 0 radical (unpaired) electrons. The fraction of sp³-hybridized carbons (Fsp3) is 0.167. The summed E-state index contributed by atoms with van der Waals surface area (Å²) in [5.74, 6) is 0. The number of rotatable bonds is 8. The van der Waals surface area contributed by atoms with E-state index >= 15 is 0 Å². The van der Waals surface area contributed by atoms with Crippen molar-refractivity contribution in [1.29, 1.82) is 0 Å². The van der Waals surface area contributed by atoms with Crippen LogP contribution in [0.3, 0.4) is 0 Å². The van der Waals surface area contributed by atoms with E-state index in [1.807, 2.05) is 30.3 Å². The third-order valence-electron chi connectivity index (χ3n) is 3.22. The predicted molar refractivity (Wildman–Crippen MR) is 88.6 cm³/mol. The molecule has 2 rings (SSSR count). The molecule has 0 aliphatic rings. The molecule has 0 aliphatic carbocycles. The zero-order valence-corrected chi connectivity index (χ0v) is 12.0. The Morgan fingerprint density at radius 3 is 2.19 bits per heavy atom. The fourth-order valence-corrected chi connectivity index (χ4v) is 1.98. The number of carbonyl (C=O) groups excluding carboxylic acids is 1. The standard InChI is InChI=1S/C18H20N2O/c1-2-15-3-5-16(6-4-15)13-19-11-12-20-18-9-7-17(14-21)8-10-18/h2-10,14,19-20H,1,11-13H2. The van der Waals surface area contributed by atoms with Crippen molar-refractivity contribution in [2.24, 2.45) is 0 Å². The molecule has 3 heteroatoms. The molecule has 108 valence electrons. The topological polar surface area (TPSA) is 41.1 Å². The molecule has 0 saturated carbocycles. The van der Waals surface area contributed by atoms with Crippen LogP contribution in [0.1, 0.15) is 21.5 Å². The molecular formula is C18H20N2O. The Kier molecular flexibility index (Phi) is 5.73. The molecule has 0 heterocycles. The highest BCUT2D eigenvalue weighted by atomic mass is 16.1. The van der Waals surface area contributed by atoms with E-state index in [1.165, 1.54) is 5.56 Å². The molecule has 2 aromatic carbocycles. The molecule has 0 bridgehead atoms. The third-order valence-corrected chi connectivity index (χ3v) is 3.22. The summed E-state index contributed by atoms with van der Waals surface area (Å²) >= 11 is 0. The van der Waals surface area contributed by atoms with Crippen molar-refractivity contribution >= 4 is 18.0 Å². The van der Waals surface area contributed by atoms with E-state index in [2.05, 4.69) is 41.5 Å². The highest BCUT2D eigenvalue weighted by Crippen LogP contribution is 2.07. The van der Waals surface area contributed by atoms with Crippen LogP contribution in [-0.2, 0) is 6.54 Å². The van der Waals surface area contributed by atoms with E-state index in [9.17, 15) is 4.79 Å². The highest BCUT2D eigenvalue weighted by molar-refractivity contribution is 5.75. The van der Waals surface area contributed by atoms with Gasteiger partial charge in [0.05, 0.1) is 0 Å². The first-order chi connectivity index (χ1) is 10.3. The molecule has 21 heavy (non-hydrogen) atoms. The van der Waals surface area contributed by atoms with Gasteiger partial charge in [-0.1, -0.05) is 36.9 Å². The quantitative estimate of drug-likeness (QED) is 0.575. The summed E-state index contributed by atoms with van der Waals surface area (Å²) in [6.45, 7) is 6.31. The molecule has 2 aromatic rings. The third kappa shape index (κ3) is 4.89. The number of hydrogen-bond acceptors (Lipinski definition) is 3. The minimum Gasteiger partial charge on any atom is -0.384 e. The molecule has 0 amide bonds. The average molecular weight is 280 g/mol. The van der Waals surface area contributed by atoms with Crippen LogP contribution in [0.2, 0.25) is 0 Å². The van der Waals surface area contributed by atoms with Crippen LogP contribution in [0.15, 0.2) is 55.1 Å². The lowest BCUT2D eigenvalue weighted by molar-refractivity contribution is 0.112. The highest BCUT2D eigenvalue weighted by Gasteiger charge is 1.94. The Morgan fingerprint density at radius 2 is 1.57 bits per heavy atom. The number of carbonyl (C=O) groups is 1. The smallest absolute Gasteiger partial charge is 0.150 e. The molecule has 0 atom stereocenters. The predicted octanol–water partition coefficient (Wildman–Crippen LogP) is 3.34. The number of benzene rings is 2. The molecular weight excluding hydrogens is 260 g/mol. The SMILES string of the molecule is C=Cc1ccc(CNCCNc2ccc(C=O)cc2)cc1. The second-order valence-electron chi connectivity index (χ2n) is 4.79. The normalized spacial score (nSPS) is 10.1. The molecule has 2 N–H and O–H groups in total. The van der Waals surface area contributed by atoms with Gasteiger partial charge < -0.3 is 10.6 Å². The molecule has 0 aromatic heterocycles. The van der Waals surface area contributed by atoms with Crippen LogP contribution in [0.4, 0.5) is 5.69 Å². The van der Waals surface area contributed by atoms with Gasteiger partial charge in [-0.05, 0) is 35.4 Å². The van der Waals surface area contributed by atoms with Gasteiger partial charge in [0, 0.05) is 30.9 Å². The number of aldehydes is 1. The van der Waals surface area contributed by atoms with E-state index in [0.29, 0.717) is 5.56 Å². The lowest BCUT2D eigenvalue weighted by atomic mass is 10.1. The van der Waals surface area contributed by atoms with Crippen molar-refractivity contribution in [1.82, 2.24) is 5.32 Å². The Labute approximate surface area is 125 Å². The van der Waals surface area contributed by atoms with E-state index < -0.39 is 0 Å². The summed E-state index contributed by atoms with van der Waals surface area (Å²) < 4.78 is 0. The van der Waals surface area contributed by atoms with E-state index in [4.69, 9.17) is 0 Å². The summed E-state index contributed by atoms with van der Waals surface area (Å²) in [6.07, 6.45) is 2.69. The zero-order chi connectivity index (χ0) is 14.9. The van der Waals surface area contributed by atoms with E-state index in [0.717, 1.165) is 37.2 Å². The van der Waals surface area contributed by atoms with Crippen molar-refractivity contribution in [3.05, 3.63) is 71.8 Å². The van der Waals surface area contributed by atoms with Gasteiger partial charge in [-0.25, -0.2) is 0 Å². The van der Waals surface area contributed by atoms with Gasteiger partial charge in [0.25, 0.3) is 0 Å². The maximum atomic E-state index is 10.6. The van der Waals surface area contributed by atoms with Crippen LogP contribution < -0.4 is 10.6 Å². The molecule has 0 saturated heterocycles. The summed E-state index contributed by atoms with van der Waals surface area (Å²) in [4.78, 5) is 10.6. The van der Waals surface area contributed by atoms with Crippen molar-refractivity contribution in [2.75, 3.05) is 18.4 Å². The molecule has 0 fully saturated rings. The first kappa shape index (κ1) is 15.0. The van der Waals surface area contributed by atoms with Crippen molar-refractivity contribution in [3.63, 3.8) is 0 Å². The molecule has 0 unspecified atom stereocenters. The minimum absolute atomic E-state index is 0.696. The summed E-state index contributed by atoms with van der Waals surface area (Å²) in [6, 6.07) is 15.8. The monoisotopic (exact) mass is 280 g/mol. The van der Waals surface area contributed by atoms with Crippen molar-refractivity contribution in [3.8, 4) is 0 Å². The van der Waals surface area contributed by atoms with Gasteiger partial charge in [-0.2, -0.15) is 0 Å². The van der Waals surface area contributed by atoms with Crippen molar-refractivity contribution in [2.45, 2.75) is 6.54 Å². The van der Waals surface area contributed by atoms with Gasteiger partial charge >= 0.3 is 0 Å². The number of hydrogen-bond donors (Lipinski definition) is 2. The Hall–Kier alpha value is -2.39. The van der Waals surface area contributed by atoms with Gasteiger partial charge in [-0.3, -0.25) is 4.79 Å². The fourth-order valence-electron chi connectivity index (χ4n) is 1.98. The van der Waals surface area contributed by atoms with Crippen LogP contribution in [0, 0.1) is 0 Å². The number of nitrogens with one attached hydrogen (secondary N) is 2. The van der Waals surface area contributed by atoms with E-state index in [1.54, 1.807) is 0 Å². The first-order valence-electron chi connectivity index (χ1n) is 7.03. The number of anilines is 1. The first-order valence-corrected chi connectivity index (χ1v) is 7.03. The Balaban J connectivity index is 1.66. The van der Waals surface area contributed by atoms with Gasteiger partial charge in [-0.15, -0.1) is 0 Å². The lowest BCUT2D eigenvalue weighted by Gasteiger charge is -2.08. The molecule has 3 nitrogen and oxygen atoms in total. The molecule has 0 aliphatic heterocycles. The second-order valence-corrected chi connectivity index (χ2v) is 4.79. The summed E-state index contributed by atoms with van der Waals surface area (Å²) in [5.41, 5.74) is 4.12. The largest absolute Gasteiger partial charge is 0.384 e. The Bertz CT molecular complexity index is 520. The van der Waals surface area contributed by atoms with Gasteiger partial charge in [0.1, 0.15) is 6.29 Å².